The molecule has 0 atom stereocenters. The lowest BCUT2D eigenvalue weighted by Gasteiger charge is -2.23. The van der Waals surface area contributed by atoms with Gasteiger partial charge in [0.25, 0.3) is 0 Å². The van der Waals surface area contributed by atoms with Crippen molar-refractivity contribution >= 4 is 0 Å². The lowest BCUT2D eigenvalue weighted by molar-refractivity contribution is 0.220. The molecule has 0 bridgehead atoms. The van der Waals surface area contributed by atoms with E-state index in [0.29, 0.717) is 0 Å². The topological polar surface area (TPSA) is 28.4 Å². The molecule has 1 aliphatic rings. The van der Waals surface area contributed by atoms with Gasteiger partial charge in [-0.2, -0.15) is 0 Å². The molecule has 2 rings (SSSR count). The highest BCUT2D eigenvalue weighted by molar-refractivity contribution is 5.07. The normalized spacial score (nSPS) is 18.9. The molecule has 17 heavy (non-hydrogen) atoms. The Morgan fingerprint density at radius 2 is 1.71 bits per heavy atom. The molecule has 96 valence electrons. The van der Waals surface area contributed by atoms with E-state index >= 15 is 0 Å². The quantitative estimate of drug-likeness (QED) is 0.871. The van der Waals surface area contributed by atoms with E-state index < -0.39 is 0 Å². The summed E-state index contributed by atoms with van der Waals surface area (Å²) in [6.07, 6.45) is 6.87. The number of nitrogens with one attached hydrogen (secondary N) is 1. The standard InChI is InChI=1S/C14H24N2O/c1-15-11-13-7-8-14(17-13)12-16-9-5-3-2-4-6-10-16/h7-8,15H,2-6,9-12H2,1H3. The van der Waals surface area contributed by atoms with E-state index in [4.69, 9.17) is 4.42 Å². The smallest absolute Gasteiger partial charge is 0.118 e. The van der Waals surface area contributed by atoms with Crippen LogP contribution in [-0.4, -0.2) is 25.0 Å². The fourth-order valence-corrected chi connectivity index (χ4v) is 2.47. The molecule has 1 fully saturated rings. The molecule has 3 nitrogen and oxygen atoms in total. The Balaban J connectivity index is 1.84. The minimum absolute atomic E-state index is 0.819. The molecule has 0 spiro atoms. The number of furan rings is 1. The van der Waals surface area contributed by atoms with Crippen molar-refractivity contribution in [3.05, 3.63) is 23.7 Å². The predicted molar refractivity (Wildman–Crippen MR) is 69.8 cm³/mol. The fourth-order valence-electron chi connectivity index (χ4n) is 2.47. The Bertz CT molecular complexity index is 314. The van der Waals surface area contributed by atoms with Gasteiger partial charge in [0.15, 0.2) is 0 Å². The van der Waals surface area contributed by atoms with Gasteiger partial charge in [0.2, 0.25) is 0 Å². The Labute approximate surface area is 104 Å². The van der Waals surface area contributed by atoms with Gasteiger partial charge in [0.1, 0.15) is 11.5 Å². The van der Waals surface area contributed by atoms with Crippen molar-refractivity contribution in [3.8, 4) is 0 Å². The van der Waals surface area contributed by atoms with Crippen LogP contribution in [0.3, 0.4) is 0 Å². The zero-order valence-electron chi connectivity index (χ0n) is 10.9. The van der Waals surface area contributed by atoms with Crippen LogP contribution in [0.2, 0.25) is 0 Å². The first-order valence-corrected chi connectivity index (χ1v) is 6.83. The molecule has 1 aromatic heterocycles. The molecule has 1 aromatic rings. The van der Waals surface area contributed by atoms with E-state index in [-0.39, 0.29) is 0 Å². The van der Waals surface area contributed by atoms with Gasteiger partial charge >= 0.3 is 0 Å². The van der Waals surface area contributed by atoms with Crippen LogP contribution >= 0.6 is 0 Å². The number of likely N-dealkylation sites (tertiary alicyclic amines) is 1. The summed E-state index contributed by atoms with van der Waals surface area (Å²) in [6.45, 7) is 4.24. The Kier molecular flexibility index (Phi) is 5.08. The first-order valence-electron chi connectivity index (χ1n) is 6.83. The van der Waals surface area contributed by atoms with Crippen molar-refractivity contribution in [2.24, 2.45) is 0 Å². The molecule has 0 unspecified atom stereocenters. The molecule has 0 aromatic carbocycles. The van der Waals surface area contributed by atoms with E-state index in [1.165, 1.54) is 45.2 Å². The molecule has 1 N–H and O–H groups in total. The van der Waals surface area contributed by atoms with Crippen molar-refractivity contribution in [1.82, 2.24) is 10.2 Å². The first-order chi connectivity index (χ1) is 8.38. The molecular formula is C14H24N2O. The lowest BCUT2D eigenvalue weighted by Crippen LogP contribution is -2.26. The summed E-state index contributed by atoms with van der Waals surface area (Å²) in [7, 11) is 1.94. The van der Waals surface area contributed by atoms with E-state index in [1.54, 1.807) is 0 Å². The highest BCUT2D eigenvalue weighted by Gasteiger charge is 2.10. The van der Waals surface area contributed by atoms with Crippen molar-refractivity contribution in [2.45, 2.75) is 45.2 Å². The van der Waals surface area contributed by atoms with Crippen LogP contribution in [0, 0.1) is 0 Å². The van der Waals surface area contributed by atoms with Crippen LogP contribution in [0.4, 0.5) is 0 Å². The largest absolute Gasteiger partial charge is 0.463 e. The molecule has 1 saturated heterocycles. The maximum Gasteiger partial charge on any atom is 0.118 e. The number of rotatable bonds is 4. The number of hydrogen-bond acceptors (Lipinski definition) is 3. The third-order valence-corrected chi connectivity index (χ3v) is 3.40. The Morgan fingerprint density at radius 3 is 2.41 bits per heavy atom. The summed E-state index contributed by atoms with van der Waals surface area (Å²) in [6, 6.07) is 4.20. The van der Waals surface area contributed by atoms with Crippen LogP contribution < -0.4 is 5.32 Å². The molecule has 2 heterocycles. The second-order valence-corrected chi connectivity index (χ2v) is 4.94. The van der Waals surface area contributed by atoms with Gasteiger partial charge in [-0.15, -0.1) is 0 Å². The monoisotopic (exact) mass is 236 g/mol. The van der Waals surface area contributed by atoms with E-state index in [9.17, 15) is 0 Å². The third-order valence-electron chi connectivity index (χ3n) is 3.40. The summed E-state index contributed by atoms with van der Waals surface area (Å²) in [5.74, 6) is 2.14. The maximum atomic E-state index is 5.79. The van der Waals surface area contributed by atoms with E-state index in [2.05, 4.69) is 22.3 Å². The zero-order valence-corrected chi connectivity index (χ0v) is 10.9. The van der Waals surface area contributed by atoms with E-state index in [0.717, 1.165) is 24.6 Å². The van der Waals surface area contributed by atoms with Crippen LogP contribution in [0.15, 0.2) is 16.5 Å². The zero-order chi connectivity index (χ0) is 11.9. The average Bonchev–Trinajstić information content (AvgIpc) is 2.70. The van der Waals surface area contributed by atoms with Gasteiger partial charge in [-0.25, -0.2) is 0 Å². The fraction of sp³-hybridized carbons (Fsp3) is 0.714. The van der Waals surface area contributed by atoms with Crippen molar-refractivity contribution in [1.29, 1.82) is 0 Å². The third kappa shape index (κ3) is 4.17. The second kappa shape index (κ2) is 6.82. The van der Waals surface area contributed by atoms with Crippen LogP contribution in [0.1, 0.15) is 43.6 Å². The summed E-state index contributed by atoms with van der Waals surface area (Å²) >= 11 is 0. The lowest BCUT2D eigenvalue weighted by atomic mass is 10.1. The van der Waals surface area contributed by atoms with E-state index in [1.807, 2.05) is 7.05 Å². The highest BCUT2D eigenvalue weighted by atomic mass is 16.3. The maximum absolute atomic E-state index is 5.79. The van der Waals surface area contributed by atoms with Gasteiger partial charge in [-0.05, 0) is 45.1 Å². The van der Waals surface area contributed by atoms with Gasteiger partial charge < -0.3 is 9.73 Å². The van der Waals surface area contributed by atoms with Gasteiger partial charge in [-0.3, -0.25) is 4.90 Å². The number of nitrogens with zero attached hydrogens (tertiary/aromatic N) is 1. The molecule has 1 aliphatic heterocycles. The molecule has 0 radical (unpaired) electrons. The van der Waals surface area contributed by atoms with Gasteiger partial charge in [0, 0.05) is 0 Å². The van der Waals surface area contributed by atoms with Crippen LogP contribution in [0.5, 0.6) is 0 Å². The summed E-state index contributed by atoms with van der Waals surface area (Å²) < 4.78 is 5.79. The average molecular weight is 236 g/mol. The molecule has 3 heteroatoms. The Hall–Kier alpha value is -0.800. The molecule has 0 aliphatic carbocycles. The van der Waals surface area contributed by atoms with Crippen LogP contribution in [0.25, 0.3) is 0 Å². The van der Waals surface area contributed by atoms with Crippen molar-refractivity contribution in [2.75, 3.05) is 20.1 Å². The number of hydrogen-bond donors (Lipinski definition) is 1. The highest BCUT2D eigenvalue weighted by Crippen LogP contribution is 2.15. The summed E-state index contributed by atoms with van der Waals surface area (Å²) in [5.41, 5.74) is 0. The minimum atomic E-state index is 0.819. The van der Waals surface area contributed by atoms with Crippen molar-refractivity contribution < 1.29 is 4.42 Å². The summed E-state index contributed by atoms with van der Waals surface area (Å²) in [4.78, 5) is 2.53. The minimum Gasteiger partial charge on any atom is -0.463 e. The first kappa shape index (κ1) is 12.7. The molecule has 0 amide bonds. The molecular weight excluding hydrogens is 212 g/mol. The summed E-state index contributed by atoms with van der Waals surface area (Å²) in [5, 5.41) is 3.11. The predicted octanol–water partition coefficient (Wildman–Crippen LogP) is 2.77. The van der Waals surface area contributed by atoms with Crippen LogP contribution in [-0.2, 0) is 13.1 Å². The SMILES string of the molecule is CNCc1ccc(CN2CCCCCCC2)o1. The molecule has 0 saturated carbocycles. The van der Waals surface area contributed by atoms with Gasteiger partial charge in [0.05, 0.1) is 13.1 Å². The van der Waals surface area contributed by atoms with Gasteiger partial charge in [-0.1, -0.05) is 19.3 Å². The van der Waals surface area contributed by atoms with Crippen molar-refractivity contribution in [3.63, 3.8) is 0 Å². The second-order valence-electron chi connectivity index (χ2n) is 4.94. The Morgan fingerprint density at radius 1 is 1.06 bits per heavy atom.